The van der Waals surface area contributed by atoms with Crippen LogP contribution < -0.4 is 4.74 Å². The Morgan fingerprint density at radius 3 is 3.03 bits per heavy atom. The first kappa shape index (κ1) is 15.6. The van der Waals surface area contributed by atoms with Gasteiger partial charge in [-0.1, -0.05) is 24.3 Å². The minimum Gasteiger partial charge on any atom is -0.493 e. The Kier molecular flexibility index (Phi) is 2.67. The third-order valence-electron chi connectivity index (χ3n) is 7.15. The Morgan fingerprint density at radius 1 is 1.21 bits per heavy atom. The van der Waals surface area contributed by atoms with Crippen LogP contribution >= 0.6 is 0 Å². The zero-order valence-corrected chi connectivity index (χ0v) is 15.7. The summed E-state index contributed by atoms with van der Waals surface area (Å²) in [5.41, 5.74) is 5.30. The number of fused-ring (bicyclic) bond motifs is 4. The fourth-order valence-corrected chi connectivity index (χ4v) is 5.74. The van der Waals surface area contributed by atoms with Crippen molar-refractivity contribution in [1.82, 2.24) is 9.88 Å². The Labute approximate surface area is 167 Å². The van der Waals surface area contributed by atoms with Gasteiger partial charge in [-0.3, -0.25) is 9.59 Å². The van der Waals surface area contributed by atoms with Gasteiger partial charge in [-0.15, -0.1) is 0 Å². The van der Waals surface area contributed by atoms with Crippen LogP contribution in [0.2, 0.25) is 0 Å². The number of carbonyl (C=O) groups excluding carboxylic acids is 2. The molecule has 1 saturated heterocycles. The molecule has 0 bridgehead atoms. The van der Waals surface area contributed by atoms with Gasteiger partial charge in [0.2, 0.25) is 0 Å². The average molecular weight is 382 g/mol. The largest absolute Gasteiger partial charge is 0.493 e. The number of nitrogens with one attached hydrogen (secondary N) is 1. The topological polar surface area (TPSA) is 62.4 Å². The number of piperidine rings is 1. The third-order valence-corrected chi connectivity index (χ3v) is 7.15. The van der Waals surface area contributed by atoms with Crippen molar-refractivity contribution in [2.75, 3.05) is 13.2 Å². The molecule has 2 fully saturated rings. The lowest BCUT2D eigenvalue weighted by molar-refractivity contribution is 0.0806. The second-order valence-electron chi connectivity index (χ2n) is 8.51. The first-order chi connectivity index (χ1) is 14.2. The highest BCUT2D eigenvalue weighted by molar-refractivity contribution is 6.10. The number of nitrogens with zero attached hydrogens (tertiary/aromatic N) is 1. The lowest BCUT2D eigenvalue weighted by Gasteiger charge is -2.29. The van der Waals surface area contributed by atoms with Gasteiger partial charge >= 0.3 is 0 Å². The first-order valence-corrected chi connectivity index (χ1v) is 10.1. The number of hydrogen-bond donors (Lipinski definition) is 1. The summed E-state index contributed by atoms with van der Waals surface area (Å²) in [6.07, 6.45) is 3.58. The zero-order chi connectivity index (χ0) is 19.3. The highest BCUT2D eigenvalue weighted by atomic mass is 16.5. The summed E-state index contributed by atoms with van der Waals surface area (Å²) in [6, 6.07) is 13.7. The van der Waals surface area contributed by atoms with Crippen molar-refractivity contribution in [3.8, 4) is 5.75 Å². The number of benzene rings is 2. The summed E-state index contributed by atoms with van der Waals surface area (Å²) in [5, 5.41) is 1.06. The summed E-state index contributed by atoms with van der Waals surface area (Å²) in [4.78, 5) is 31.3. The Morgan fingerprint density at radius 2 is 2.10 bits per heavy atom. The molecule has 3 heterocycles. The molecule has 1 spiro atoms. The van der Waals surface area contributed by atoms with Gasteiger partial charge < -0.3 is 14.6 Å². The van der Waals surface area contributed by atoms with E-state index in [1.165, 1.54) is 5.56 Å². The molecule has 5 nitrogen and oxygen atoms in total. The average Bonchev–Trinajstić information content (AvgIpc) is 3.11. The molecule has 5 heteroatoms. The summed E-state index contributed by atoms with van der Waals surface area (Å²) in [5.74, 6) is 1.25. The number of amides is 1. The minimum absolute atomic E-state index is 0.00168. The Bertz CT molecular complexity index is 1300. The van der Waals surface area contributed by atoms with Crippen LogP contribution in [0, 0.1) is 5.92 Å². The number of aromatic nitrogens is 1. The lowest BCUT2D eigenvalue weighted by Crippen LogP contribution is -2.33. The van der Waals surface area contributed by atoms with E-state index in [0.717, 1.165) is 46.3 Å². The van der Waals surface area contributed by atoms with Crippen molar-refractivity contribution in [2.45, 2.75) is 18.3 Å². The number of likely N-dealkylation sites (tertiary alicyclic amines) is 1. The standard InChI is InChI=1S/C24H18N2O3/c27-20-10-22-24(17-4-2-1-3-15(17)20)11-13(24)12-26(22)23(28)19-9-16-14-7-8-29-21(14)6-5-18(16)25-19/h1-6,9-10,13,25H,7-8,11-12H2/t13-,24?/m1/s1. The van der Waals surface area contributed by atoms with E-state index in [1.807, 2.05) is 41.3 Å². The molecule has 2 aliphatic carbocycles. The fraction of sp³-hybridized carbons (Fsp3) is 0.250. The van der Waals surface area contributed by atoms with Gasteiger partial charge in [-0.25, -0.2) is 0 Å². The molecule has 4 aliphatic rings. The van der Waals surface area contributed by atoms with Crippen LogP contribution in [0.4, 0.5) is 0 Å². The van der Waals surface area contributed by atoms with Crippen molar-refractivity contribution < 1.29 is 14.3 Å². The molecule has 7 rings (SSSR count). The molecule has 29 heavy (non-hydrogen) atoms. The number of aromatic amines is 1. The summed E-state index contributed by atoms with van der Waals surface area (Å²) in [7, 11) is 0. The van der Waals surface area contributed by atoms with Crippen LogP contribution in [0.25, 0.3) is 10.9 Å². The van der Waals surface area contributed by atoms with Crippen LogP contribution in [-0.2, 0) is 11.8 Å². The monoisotopic (exact) mass is 382 g/mol. The molecule has 1 unspecified atom stereocenters. The number of ether oxygens (including phenoxy) is 1. The lowest BCUT2D eigenvalue weighted by atomic mass is 9.81. The van der Waals surface area contributed by atoms with Crippen LogP contribution in [0.1, 0.15) is 38.4 Å². The molecule has 2 atom stereocenters. The Hall–Kier alpha value is -3.34. The maximum atomic E-state index is 13.5. The maximum absolute atomic E-state index is 13.5. The van der Waals surface area contributed by atoms with Crippen molar-refractivity contribution in [1.29, 1.82) is 0 Å². The minimum atomic E-state index is -0.152. The number of carbonyl (C=O) groups is 2. The SMILES string of the molecule is O=C1C=C2N(C(=O)c3cc4c5c(ccc4[nH]3)OCC5)C[C@H]3CC23c2ccccc21. The molecule has 1 saturated carbocycles. The molecular weight excluding hydrogens is 364 g/mol. The van der Waals surface area contributed by atoms with E-state index in [-0.39, 0.29) is 17.1 Å². The summed E-state index contributed by atoms with van der Waals surface area (Å²) < 4.78 is 5.66. The molecule has 1 amide bonds. The first-order valence-electron chi connectivity index (χ1n) is 10.1. The fourth-order valence-electron chi connectivity index (χ4n) is 5.74. The normalized spacial score (nSPS) is 25.8. The molecule has 142 valence electrons. The quantitative estimate of drug-likeness (QED) is 0.700. The van der Waals surface area contributed by atoms with Crippen LogP contribution in [0.3, 0.4) is 0 Å². The van der Waals surface area contributed by atoms with Gasteiger partial charge in [0.25, 0.3) is 5.91 Å². The van der Waals surface area contributed by atoms with E-state index >= 15 is 0 Å². The maximum Gasteiger partial charge on any atom is 0.274 e. The van der Waals surface area contributed by atoms with E-state index in [2.05, 4.69) is 11.1 Å². The van der Waals surface area contributed by atoms with Crippen molar-refractivity contribution >= 4 is 22.6 Å². The van der Waals surface area contributed by atoms with Crippen LogP contribution in [-0.4, -0.2) is 34.7 Å². The van der Waals surface area contributed by atoms with Gasteiger partial charge in [0.15, 0.2) is 5.78 Å². The highest BCUT2D eigenvalue weighted by Gasteiger charge is 2.67. The second-order valence-corrected chi connectivity index (χ2v) is 8.51. The highest BCUT2D eigenvalue weighted by Crippen LogP contribution is 2.66. The van der Waals surface area contributed by atoms with Gasteiger partial charge in [-0.05, 0) is 36.1 Å². The predicted molar refractivity (Wildman–Crippen MR) is 107 cm³/mol. The van der Waals surface area contributed by atoms with E-state index in [9.17, 15) is 9.59 Å². The summed E-state index contributed by atoms with van der Waals surface area (Å²) in [6.45, 7) is 1.36. The summed E-state index contributed by atoms with van der Waals surface area (Å²) >= 11 is 0. The molecule has 1 N–H and O–H groups in total. The van der Waals surface area contributed by atoms with E-state index in [4.69, 9.17) is 4.74 Å². The molecule has 3 aromatic rings. The van der Waals surface area contributed by atoms with E-state index in [0.29, 0.717) is 24.8 Å². The smallest absolute Gasteiger partial charge is 0.274 e. The van der Waals surface area contributed by atoms with Crippen LogP contribution in [0.5, 0.6) is 5.75 Å². The van der Waals surface area contributed by atoms with Crippen molar-refractivity contribution in [3.05, 3.63) is 76.6 Å². The molecule has 2 aromatic carbocycles. The number of rotatable bonds is 1. The number of hydrogen-bond acceptors (Lipinski definition) is 3. The van der Waals surface area contributed by atoms with Crippen molar-refractivity contribution in [2.24, 2.45) is 5.92 Å². The van der Waals surface area contributed by atoms with Crippen molar-refractivity contribution in [3.63, 3.8) is 0 Å². The number of H-pyrrole nitrogens is 1. The number of allylic oxidation sites excluding steroid dienone is 2. The van der Waals surface area contributed by atoms with E-state index < -0.39 is 0 Å². The van der Waals surface area contributed by atoms with E-state index in [1.54, 1.807) is 6.08 Å². The van der Waals surface area contributed by atoms with Crippen LogP contribution in [0.15, 0.2) is 54.2 Å². The van der Waals surface area contributed by atoms with Gasteiger partial charge in [-0.2, -0.15) is 0 Å². The molecule has 2 aliphatic heterocycles. The van der Waals surface area contributed by atoms with Gasteiger partial charge in [0, 0.05) is 52.2 Å². The van der Waals surface area contributed by atoms with Gasteiger partial charge in [0.05, 0.1) is 6.61 Å². The molecular formula is C24H18N2O3. The third kappa shape index (κ3) is 1.81. The molecule has 0 radical (unpaired) electrons. The Balaban J connectivity index is 1.32. The second kappa shape index (κ2) is 4.98. The van der Waals surface area contributed by atoms with Gasteiger partial charge in [0.1, 0.15) is 11.4 Å². The number of ketones is 1. The zero-order valence-electron chi connectivity index (χ0n) is 15.7. The molecule has 1 aromatic heterocycles. The predicted octanol–water partition coefficient (Wildman–Crippen LogP) is 3.60.